The zero-order valence-electron chi connectivity index (χ0n) is 13.9. The average Bonchev–Trinajstić information content (AvgIpc) is 3.04. The van der Waals surface area contributed by atoms with E-state index < -0.39 is 0 Å². The second-order valence-corrected chi connectivity index (χ2v) is 7.17. The number of halogens is 1. The van der Waals surface area contributed by atoms with Gasteiger partial charge in [-0.15, -0.1) is 16.8 Å². The number of hydrogen-bond acceptors (Lipinski definition) is 4. The Morgan fingerprint density at radius 3 is 2.72 bits per heavy atom. The van der Waals surface area contributed by atoms with Crippen LogP contribution >= 0.6 is 27.7 Å². The number of methoxy groups -OCH3 is 1. The number of ether oxygens (including phenoxy) is 1. The molecule has 1 heterocycles. The summed E-state index contributed by atoms with van der Waals surface area (Å²) in [6.07, 6.45) is 1.86. The van der Waals surface area contributed by atoms with Gasteiger partial charge in [0.15, 0.2) is 11.0 Å². The van der Waals surface area contributed by atoms with Crippen molar-refractivity contribution in [3.63, 3.8) is 0 Å². The highest BCUT2D eigenvalue weighted by Gasteiger charge is 2.14. The zero-order valence-corrected chi connectivity index (χ0v) is 16.3. The van der Waals surface area contributed by atoms with Crippen LogP contribution in [-0.4, -0.2) is 21.9 Å². The second-order valence-electron chi connectivity index (χ2n) is 5.32. The molecule has 0 aliphatic heterocycles. The summed E-state index contributed by atoms with van der Waals surface area (Å²) in [5, 5.41) is 9.62. The lowest BCUT2D eigenvalue weighted by atomic mass is 10.2. The van der Waals surface area contributed by atoms with Crippen LogP contribution in [0.1, 0.15) is 5.56 Å². The van der Waals surface area contributed by atoms with Gasteiger partial charge in [0.25, 0.3) is 0 Å². The monoisotopic (exact) mass is 415 g/mol. The van der Waals surface area contributed by atoms with Crippen LogP contribution in [-0.2, 0) is 12.3 Å². The van der Waals surface area contributed by atoms with Crippen molar-refractivity contribution in [2.75, 3.05) is 7.11 Å². The lowest BCUT2D eigenvalue weighted by Gasteiger charge is -2.10. The molecule has 3 aromatic rings. The van der Waals surface area contributed by atoms with Crippen LogP contribution in [0.5, 0.6) is 5.75 Å². The molecule has 1 aromatic heterocycles. The highest BCUT2D eigenvalue weighted by molar-refractivity contribution is 9.10. The minimum absolute atomic E-state index is 0.662. The molecule has 0 aliphatic carbocycles. The van der Waals surface area contributed by atoms with E-state index in [2.05, 4.69) is 43.3 Å². The van der Waals surface area contributed by atoms with Crippen molar-refractivity contribution in [1.82, 2.24) is 14.8 Å². The summed E-state index contributed by atoms with van der Waals surface area (Å²) in [5.74, 6) is 2.46. The normalized spacial score (nSPS) is 10.6. The van der Waals surface area contributed by atoms with Crippen LogP contribution in [0.15, 0.2) is 70.8 Å². The molecule has 4 nitrogen and oxygen atoms in total. The first-order chi connectivity index (χ1) is 12.2. The number of rotatable bonds is 7. The van der Waals surface area contributed by atoms with Gasteiger partial charge in [0.05, 0.1) is 7.11 Å². The molecule has 0 fully saturated rings. The highest BCUT2D eigenvalue weighted by atomic mass is 79.9. The first-order valence-corrected chi connectivity index (χ1v) is 9.55. The van der Waals surface area contributed by atoms with Gasteiger partial charge in [-0.3, -0.25) is 4.57 Å². The van der Waals surface area contributed by atoms with Crippen LogP contribution in [0.2, 0.25) is 0 Å². The maximum absolute atomic E-state index is 5.45. The average molecular weight is 416 g/mol. The van der Waals surface area contributed by atoms with Crippen molar-refractivity contribution >= 4 is 27.7 Å². The molecule has 0 saturated heterocycles. The fraction of sp³-hybridized carbons (Fsp3) is 0.158. The first kappa shape index (κ1) is 17.8. The summed E-state index contributed by atoms with van der Waals surface area (Å²) in [6, 6.07) is 16.1. The summed E-state index contributed by atoms with van der Waals surface area (Å²) in [7, 11) is 1.69. The SMILES string of the molecule is C=CCn1c(SCc2cc(Br)ccc2OC)nnc1-c1ccccc1. The third-order valence-corrected chi connectivity index (χ3v) is 5.17. The van der Waals surface area contributed by atoms with Gasteiger partial charge in [-0.05, 0) is 18.2 Å². The number of nitrogens with zero attached hydrogens (tertiary/aromatic N) is 3. The maximum atomic E-state index is 5.45. The van der Waals surface area contributed by atoms with Gasteiger partial charge in [-0.2, -0.15) is 0 Å². The molecule has 0 atom stereocenters. The van der Waals surface area contributed by atoms with Gasteiger partial charge in [0, 0.05) is 27.9 Å². The molecule has 0 radical (unpaired) electrons. The smallest absolute Gasteiger partial charge is 0.192 e. The van der Waals surface area contributed by atoms with Gasteiger partial charge in [0.2, 0.25) is 0 Å². The van der Waals surface area contributed by atoms with E-state index in [9.17, 15) is 0 Å². The molecule has 0 N–H and O–H groups in total. The Balaban J connectivity index is 1.87. The molecular formula is C19H18BrN3OS. The van der Waals surface area contributed by atoms with E-state index >= 15 is 0 Å². The lowest BCUT2D eigenvalue weighted by molar-refractivity contribution is 0.411. The lowest BCUT2D eigenvalue weighted by Crippen LogP contribution is -2.01. The number of aromatic nitrogens is 3. The molecule has 3 rings (SSSR count). The van der Waals surface area contributed by atoms with E-state index in [-0.39, 0.29) is 0 Å². The Labute approximate surface area is 160 Å². The molecule has 6 heteroatoms. The molecular weight excluding hydrogens is 398 g/mol. The molecule has 0 saturated carbocycles. The van der Waals surface area contributed by atoms with Crippen LogP contribution in [0.3, 0.4) is 0 Å². The van der Waals surface area contributed by atoms with Crippen LogP contribution in [0.25, 0.3) is 11.4 Å². The van der Waals surface area contributed by atoms with Crippen LogP contribution in [0, 0.1) is 0 Å². The highest BCUT2D eigenvalue weighted by Crippen LogP contribution is 2.31. The Morgan fingerprint density at radius 2 is 2.00 bits per heavy atom. The molecule has 0 spiro atoms. The van der Waals surface area contributed by atoms with Gasteiger partial charge < -0.3 is 4.74 Å². The third kappa shape index (κ3) is 4.14. The van der Waals surface area contributed by atoms with Crippen molar-refractivity contribution < 1.29 is 4.74 Å². The predicted octanol–water partition coefficient (Wildman–Crippen LogP) is 5.19. The van der Waals surface area contributed by atoms with Gasteiger partial charge in [0.1, 0.15) is 5.75 Å². The Bertz CT molecular complexity index is 864. The van der Waals surface area contributed by atoms with E-state index in [0.29, 0.717) is 6.54 Å². The minimum atomic E-state index is 0.662. The molecule has 0 amide bonds. The molecule has 0 aliphatic rings. The summed E-state index contributed by atoms with van der Waals surface area (Å²) in [5.41, 5.74) is 2.15. The van der Waals surface area contributed by atoms with Crippen LogP contribution < -0.4 is 4.74 Å². The Hall–Kier alpha value is -2.05. The molecule has 0 bridgehead atoms. The minimum Gasteiger partial charge on any atom is -0.496 e. The van der Waals surface area contributed by atoms with E-state index in [1.54, 1.807) is 18.9 Å². The molecule has 128 valence electrons. The number of allylic oxidation sites excluding steroid dienone is 1. The first-order valence-electron chi connectivity index (χ1n) is 7.77. The van der Waals surface area contributed by atoms with Gasteiger partial charge in [-0.1, -0.05) is 64.1 Å². The second kappa shape index (κ2) is 8.36. The van der Waals surface area contributed by atoms with Crippen LogP contribution in [0.4, 0.5) is 0 Å². The van der Waals surface area contributed by atoms with Crippen molar-refractivity contribution in [3.8, 4) is 17.1 Å². The predicted molar refractivity (Wildman–Crippen MR) is 106 cm³/mol. The quantitative estimate of drug-likeness (QED) is 0.392. The van der Waals surface area contributed by atoms with E-state index in [1.807, 2.05) is 48.5 Å². The topological polar surface area (TPSA) is 39.9 Å². The van der Waals surface area contributed by atoms with Crippen molar-refractivity contribution in [2.24, 2.45) is 0 Å². The Kier molecular flexibility index (Phi) is 5.94. The summed E-state index contributed by atoms with van der Waals surface area (Å²) in [4.78, 5) is 0. The number of thioether (sulfide) groups is 1. The standard InChI is InChI=1S/C19H18BrN3OS/c1-3-11-23-18(14-7-5-4-6-8-14)21-22-19(23)25-13-15-12-16(20)9-10-17(15)24-2/h3-10,12H,1,11,13H2,2H3. The molecule has 25 heavy (non-hydrogen) atoms. The summed E-state index contributed by atoms with van der Waals surface area (Å²) < 4.78 is 8.56. The third-order valence-electron chi connectivity index (χ3n) is 3.66. The fourth-order valence-corrected chi connectivity index (χ4v) is 3.83. The largest absolute Gasteiger partial charge is 0.496 e. The van der Waals surface area contributed by atoms with Gasteiger partial charge in [-0.25, -0.2) is 0 Å². The van der Waals surface area contributed by atoms with Crippen molar-refractivity contribution in [2.45, 2.75) is 17.5 Å². The Morgan fingerprint density at radius 1 is 1.20 bits per heavy atom. The maximum Gasteiger partial charge on any atom is 0.192 e. The number of hydrogen-bond donors (Lipinski definition) is 0. The van der Waals surface area contributed by atoms with Crippen molar-refractivity contribution in [3.05, 3.63) is 71.2 Å². The zero-order chi connectivity index (χ0) is 17.6. The number of benzene rings is 2. The molecule has 0 unspecified atom stereocenters. The van der Waals surface area contributed by atoms with Crippen molar-refractivity contribution in [1.29, 1.82) is 0 Å². The van der Waals surface area contributed by atoms with E-state index in [4.69, 9.17) is 4.74 Å². The van der Waals surface area contributed by atoms with Gasteiger partial charge >= 0.3 is 0 Å². The van der Waals surface area contributed by atoms with E-state index in [0.717, 1.165) is 38.1 Å². The summed E-state index contributed by atoms with van der Waals surface area (Å²) in [6.45, 7) is 4.52. The molecule has 2 aromatic carbocycles. The van der Waals surface area contributed by atoms with E-state index in [1.165, 1.54) is 0 Å². The summed E-state index contributed by atoms with van der Waals surface area (Å²) >= 11 is 5.15. The fourth-order valence-electron chi connectivity index (χ4n) is 2.49.